The summed E-state index contributed by atoms with van der Waals surface area (Å²) in [6, 6.07) is 12.5. The van der Waals surface area contributed by atoms with Gasteiger partial charge in [-0.15, -0.1) is 0 Å². The van der Waals surface area contributed by atoms with Crippen LogP contribution in [-0.4, -0.2) is 60.2 Å². The molecule has 0 atom stereocenters. The van der Waals surface area contributed by atoms with Gasteiger partial charge in [-0.1, -0.05) is 12.1 Å². The third-order valence-corrected chi connectivity index (χ3v) is 6.57. The number of rotatable bonds is 6. The Morgan fingerprint density at radius 3 is 2.11 bits per heavy atom. The smallest absolute Gasteiger partial charge is 0.247 e. The summed E-state index contributed by atoms with van der Waals surface area (Å²) >= 11 is 0. The topological polar surface area (TPSA) is 68.3 Å². The molecule has 1 aliphatic heterocycles. The van der Waals surface area contributed by atoms with E-state index in [2.05, 4.69) is 4.90 Å². The molecule has 2 aromatic carbocycles. The quantitative estimate of drug-likeness (QED) is 0.751. The predicted molar refractivity (Wildman–Crippen MR) is 104 cm³/mol. The minimum atomic E-state index is -3.69. The van der Waals surface area contributed by atoms with Gasteiger partial charge in [-0.3, -0.25) is 0 Å². The summed E-state index contributed by atoms with van der Waals surface area (Å²) in [6.07, 6.45) is 0. The molecule has 1 heterocycles. The van der Waals surface area contributed by atoms with Crippen molar-refractivity contribution in [2.75, 3.05) is 52.4 Å². The molecule has 0 saturated carbocycles. The third-order valence-electron chi connectivity index (χ3n) is 4.65. The highest BCUT2D eigenvalue weighted by molar-refractivity contribution is 7.89. The first-order chi connectivity index (χ1) is 13.0. The summed E-state index contributed by atoms with van der Waals surface area (Å²) in [7, 11) is 0.908. The average Bonchev–Trinajstić information content (AvgIpc) is 2.73. The summed E-state index contributed by atoms with van der Waals surface area (Å²) in [5, 5.41) is 0. The molecule has 3 rings (SSSR count). The van der Waals surface area contributed by atoms with Crippen LogP contribution < -0.4 is 19.1 Å². The number of para-hydroxylation sites is 2. The monoisotopic (exact) mass is 392 g/mol. The van der Waals surface area contributed by atoms with Crippen molar-refractivity contribution in [2.24, 2.45) is 0 Å². The van der Waals surface area contributed by atoms with Crippen LogP contribution in [0.25, 0.3) is 0 Å². The Kier molecular flexibility index (Phi) is 5.76. The fourth-order valence-electron chi connectivity index (χ4n) is 3.19. The van der Waals surface area contributed by atoms with Gasteiger partial charge in [0.05, 0.1) is 27.0 Å². The van der Waals surface area contributed by atoms with Crippen molar-refractivity contribution in [1.29, 1.82) is 0 Å². The Bertz CT molecular complexity index is 893. The summed E-state index contributed by atoms with van der Waals surface area (Å²) in [5.41, 5.74) is 0.969. The molecule has 0 N–H and O–H groups in total. The average molecular weight is 392 g/mol. The van der Waals surface area contributed by atoms with Crippen molar-refractivity contribution < 1.29 is 22.6 Å². The maximum Gasteiger partial charge on any atom is 0.247 e. The maximum absolute atomic E-state index is 13.1. The fourth-order valence-corrected chi connectivity index (χ4v) is 4.78. The zero-order chi connectivity index (χ0) is 19.4. The van der Waals surface area contributed by atoms with Crippen LogP contribution in [0.1, 0.15) is 0 Å². The third kappa shape index (κ3) is 3.81. The molecule has 0 unspecified atom stereocenters. The van der Waals surface area contributed by atoms with Crippen LogP contribution >= 0.6 is 0 Å². The maximum atomic E-state index is 13.1. The number of anilines is 1. The molecular formula is C19H24N2O5S. The lowest BCUT2D eigenvalue weighted by molar-refractivity contribution is 0.368. The molecule has 0 aliphatic carbocycles. The van der Waals surface area contributed by atoms with E-state index in [1.807, 2.05) is 24.3 Å². The molecule has 1 fully saturated rings. The van der Waals surface area contributed by atoms with E-state index >= 15 is 0 Å². The first-order valence-corrected chi connectivity index (χ1v) is 10.1. The molecule has 0 radical (unpaired) electrons. The molecule has 0 spiro atoms. The molecule has 8 heteroatoms. The van der Waals surface area contributed by atoms with Crippen LogP contribution in [0, 0.1) is 0 Å². The van der Waals surface area contributed by atoms with Crippen LogP contribution in [0.2, 0.25) is 0 Å². The zero-order valence-corrected chi connectivity index (χ0v) is 16.5. The Morgan fingerprint density at radius 1 is 0.815 bits per heavy atom. The van der Waals surface area contributed by atoms with Crippen molar-refractivity contribution in [2.45, 2.75) is 4.90 Å². The molecule has 0 aromatic heterocycles. The number of sulfonamides is 1. The lowest BCUT2D eigenvalue weighted by Gasteiger charge is -2.36. The minimum Gasteiger partial charge on any atom is -0.497 e. The molecule has 7 nitrogen and oxygen atoms in total. The van der Waals surface area contributed by atoms with Gasteiger partial charge in [0.15, 0.2) is 0 Å². The fraction of sp³-hybridized carbons (Fsp3) is 0.368. The van der Waals surface area contributed by atoms with Crippen LogP contribution in [0.15, 0.2) is 47.4 Å². The van der Waals surface area contributed by atoms with Crippen molar-refractivity contribution >= 4 is 15.7 Å². The van der Waals surface area contributed by atoms with Gasteiger partial charge in [-0.2, -0.15) is 4.31 Å². The van der Waals surface area contributed by atoms with E-state index in [4.69, 9.17) is 14.2 Å². The van der Waals surface area contributed by atoms with E-state index in [1.165, 1.54) is 24.6 Å². The van der Waals surface area contributed by atoms with Gasteiger partial charge in [0, 0.05) is 32.2 Å². The predicted octanol–water partition coefficient (Wildman–Crippen LogP) is 2.22. The van der Waals surface area contributed by atoms with Gasteiger partial charge in [0.25, 0.3) is 0 Å². The molecular weight excluding hydrogens is 368 g/mol. The molecule has 2 aromatic rings. The van der Waals surface area contributed by atoms with Crippen LogP contribution in [0.4, 0.5) is 5.69 Å². The molecule has 27 heavy (non-hydrogen) atoms. The number of ether oxygens (including phenoxy) is 3. The SMILES string of the molecule is COc1ccc(OC)c(S(=O)(=O)N2CCN(c3ccccc3OC)CC2)c1. The Morgan fingerprint density at radius 2 is 1.48 bits per heavy atom. The van der Waals surface area contributed by atoms with Crippen molar-refractivity contribution in [3.05, 3.63) is 42.5 Å². The van der Waals surface area contributed by atoms with E-state index < -0.39 is 10.0 Å². The number of benzene rings is 2. The molecule has 0 bridgehead atoms. The summed E-state index contributed by atoms with van der Waals surface area (Å²) in [6.45, 7) is 1.90. The lowest BCUT2D eigenvalue weighted by atomic mass is 10.2. The summed E-state index contributed by atoms with van der Waals surface area (Å²) < 4.78 is 43.6. The van der Waals surface area contributed by atoms with Gasteiger partial charge >= 0.3 is 0 Å². The highest BCUT2D eigenvalue weighted by atomic mass is 32.2. The van der Waals surface area contributed by atoms with Gasteiger partial charge in [-0.25, -0.2) is 8.42 Å². The second-order valence-electron chi connectivity index (χ2n) is 6.08. The van der Waals surface area contributed by atoms with Crippen molar-refractivity contribution in [1.82, 2.24) is 4.31 Å². The Hall–Kier alpha value is -2.45. The molecule has 0 amide bonds. The van der Waals surface area contributed by atoms with E-state index in [-0.39, 0.29) is 4.90 Å². The van der Waals surface area contributed by atoms with Crippen molar-refractivity contribution in [3.63, 3.8) is 0 Å². The van der Waals surface area contributed by atoms with Crippen LogP contribution in [-0.2, 0) is 10.0 Å². The highest BCUT2D eigenvalue weighted by Crippen LogP contribution is 2.33. The summed E-state index contributed by atoms with van der Waals surface area (Å²) in [5.74, 6) is 1.56. The van der Waals surface area contributed by atoms with Gasteiger partial charge in [0.2, 0.25) is 10.0 Å². The minimum absolute atomic E-state index is 0.120. The second-order valence-corrected chi connectivity index (χ2v) is 7.99. The van der Waals surface area contributed by atoms with Crippen LogP contribution in [0.5, 0.6) is 17.2 Å². The standard InChI is InChI=1S/C19H24N2O5S/c1-24-15-8-9-18(26-3)19(14-15)27(22,23)21-12-10-20(11-13-21)16-6-4-5-7-17(16)25-2/h4-9,14H,10-13H2,1-3H3. The van der Waals surface area contributed by atoms with Crippen molar-refractivity contribution in [3.8, 4) is 17.2 Å². The van der Waals surface area contributed by atoms with Crippen LogP contribution in [0.3, 0.4) is 0 Å². The number of hydrogen-bond acceptors (Lipinski definition) is 6. The van der Waals surface area contributed by atoms with Gasteiger partial charge < -0.3 is 19.1 Å². The van der Waals surface area contributed by atoms with E-state index in [9.17, 15) is 8.42 Å². The number of piperazine rings is 1. The number of methoxy groups -OCH3 is 3. The number of nitrogens with zero attached hydrogens (tertiary/aromatic N) is 2. The van der Waals surface area contributed by atoms with E-state index in [0.717, 1.165) is 11.4 Å². The molecule has 1 saturated heterocycles. The first-order valence-electron chi connectivity index (χ1n) is 8.61. The normalized spacial score (nSPS) is 15.4. The largest absolute Gasteiger partial charge is 0.497 e. The highest BCUT2D eigenvalue weighted by Gasteiger charge is 2.31. The Balaban J connectivity index is 1.81. The zero-order valence-electron chi connectivity index (χ0n) is 15.7. The lowest BCUT2D eigenvalue weighted by Crippen LogP contribution is -2.48. The number of hydrogen-bond donors (Lipinski definition) is 0. The van der Waals surface area contributed by atoms with E-state index in [1.54, 1.807) is 19.2 Å². The Labute approximate surface area is 160 Å². The van der Waals surface area contributed by atoms with E-state index in [0.29, 0.717) is 37.7 Å². The first kappa shape index (κ1) is 19.3. The molecule has 1 aliphatic rings. The second kappa shape index (κ2) is 8.06. The molecule has 146 valence electrons. The van der Waals surface area contributed by atoms with Gasteiger partial charge in [0.1, 0.15) is 22.1 Å². The van der Waals surface area contributed by atoms with Gasteiger partial charge in [-0.05, 0) is 24.3 Å². The summed E-state index contributed by atoms with van der Waals surface area (Å²) in [4.78, 5) is 2.25.